The summed E-state index contributed by atoms with van der Waals surface area (Å²) in [5.74, 6) is 0.0273. The van der Waals surface area contributed by atoms with Crippen molar-refractivity contribution in [3.8, 4) is 0 Å². The molecule has 2 N–H and O–H groups in total. The second-order valence-corrected chi connectivity index (χ2v) is 5.61. The van der Waals surface area contributed by atoms with E-state index in [1.54, 1.807) is 0 Å². The highest BCUT2D eigenvalue weighted by molar-refractivity contribution is 7.09. The van der Waals surface area contributed by atoms with Gasteiger partial charge in [-0.25, -0.2) is 19.7 Å². The average Bonchev–Trinajstić information content (AvgIpc) is 2.88. The highest BCUT2D eigenvalue weighted by Gasteiger charge is 2.14. The van der Waals surface area contributed by atoms with E-state index in [1.807, 2.05) is 13.0 Å². The lowest BCUT2D eigenvalue weighted by Gasteiger charge is -2.13. The third-order valence-corrected chi connectivity index (χ3v) is 3.78. The molecule has 1 atom stereocenters. The van der Waals surface area contributed by atoms with Crippen LogP contribution in [-0.4, -0.2) is 26.0 Å². The van der Waals surface area contributed by atoms with Crippen LogP contribution in [0.3, 0.4) is 0 Å². The number of hydrogen-bond acceptors (Lipinski definition) is 6. The van der Waals surface area contributed by atoms with Gasteiger partial charge in [-0.2, -0.15) is 0 Å². The van der Waals surface area contributed by atoms with E-state index in [-0.39, 0.29) is 11.7 Å². The summed E-state index contributed by atoms with van der Waals surface area (Å²) in [5.41, 5.74) is 1.03. The molecule has 2 heterocycles. The van der Waals surface area contributed by atoms with Crippen LogP contribution in [0.4, 0.5) is 5.82 Å². The Kier molecular flexibility index (Phi) is 4.29. The molecule has 2 rings (SSSR count). The maximum atomic E-state index is 10.8. The zero-order valence-electron chi connectivity index (χ0n) is 11.5. The first-order chi connectivity index (χ1) is 9.47. The van der Waals surface area contributed by atoms with Crippen molar-refractivity contribution < 1.29 is 9.90 Å². The summed E-state index contributed by atoms with van der Waals surface area (Å²) in [6.07, 6.45) is 1.52. The minimum atomic E-state index is -1.01. The first-order valence-electron chi connectivity index (χ1n) is 6.24. The Labute approximate surface area is 120 Å². The maximum Gasteiger partial charge on any atom is 0.355 e. The van der Waals surface area contributed by atoms with Crippen LogP contribution in [0.15, 0.2) is 17.8 Å². The summed E-state index contributed by atoms with van der Waals surface area (Å²) < 4.78 is 0. The quantitative estimate of drug-likeness (QED) is 0.881. The van der Waals surface area contributed by atoms with Gasteiger partial charge >= 0.3 is 5.97 Å². The monoisotopic (exact) mass is 292 g/mol. The number of nitrogens with zero attached hydrogens (tertiary/aromatic N) is 3. The van der Waals surface area contributed by atoms with E-state index in [2.05, 4.69) is 34.1 Å². The van der Waals surface area contributed by atoms with Gasteiger partial charge in [-0.15, -0.1) is 11.3 Å². The van der Waals surface area contributed by atoms with Crippen LogP contribution < -0.4 is 5.32 Å². The zero-order valence-corrected chi connectivity index (χ0v) is 12.3. The summed E-state index contributed by atoms with van der Waals surface area (Å²) in [5, 5.41) is 14.3. The molecule has 2 aromatic heterocycles. The Hall–Kier alpha value is -2.02. The van der Waals surface area contributed by atoms with Crippen molar-refractivity contribution in [3.05, 3.63) is 34.2 Å². The molecular weight excluding hydrogens is 276 g/mol. The summed E-state index contributed by atoms with van der Waals surface area (Å²) in [7, 11) is 0. The molecule has 0 aliphatic rings. The number of anilines is 1. The lowest BCUT2D eigenvalue weighted by molar-refractivity contribution is 0.0691. The van der Waals surface area contributed by atoms with E-state index >= 15 is 0 Å². The van der Waals surface area contributed by atoms with Gasteiger partial charge < -0.3 is 10.4 Å². The number of carboxylic acid groups (broad SMARTS) is 1. The first-order valence-corrected chi connectivity index (χ1v) is 7.12. The molecule has 0 aliphatic heterocycles. The summed E-state index contributed by atoms with van der Waals surface area (Å²) >= 11 is 1.32. The lowest BCUT2D eigenvalue weighted by atomic mass is 10.1. The molecule has 0 aliphatic carbocycles. The molecule has 1 unspecified atom stereocenters. The second-order valence-electron chi connectivity index (χ2n) is 4.72. The zero-order chi connectivity index (χ0) is 14.7. The van der Waals surface area contributed by atoms with Crippen LogP contribution in [-0.2, 0) is 0 Å². The van der Waals surface area contributed by atoms with Gasteiger partial charge in [-0.3, -0.25) is 0 Å². The second kappa shape index (κ2) is 5.96. The molecule has 0 spiro atoms. The molecule has 0 saturated carbocycles. The Morgan fingerprint density at radius 3 is 2.70 bits per heavy atom. The summed E-state index contributed by atoms with van der Waals surface area (Å²) in [6.45, 7) is 6.05. The molecule has 106 valence electrons. The topological polar surface area (TPSA) is 88.0 Å². The number of rotatable bonds is 5. The fourth-order valence-corrected chi connectivity index (χ4v) is 2.44. The lowest BCUT2D eigenvalue weighted by Crippen LogP contribution is -2.09. The number of aromatic carboxylic acids is 1. The number of hydrogen-bond donors (Lipinski definition) is 2. The van der Waals surface area contributed by atoms with E-state index in [9.17, 15) is 4.79 Å². The largest absolute Gasteiger partial charge is 0.476 e. The van der Waals surface area contributed by atoms with E-state index in [0.717, 1.165) is 5.69 Å². The normalized spacial score (nSPS) is 12.4. The number of nitrogens with one attached hydrogen (secondary N) is 1. The predicted octanol–water partition coefficient (Wildman–Crippen LogP) is 2.93. The molecule has 0 amide bonds. The van der Waals surface area contributed by atoms with Crippen molar-refractivity contribution in [2.45, 2.75) is 32.7 Å². The van der Waals surface area contributed by atoms with Crippen LogP contribution in [0.5, 0.6) is 0 Å². The maximum absolute atomic E-state index is 10.8. The summed E-state index contributed by atoms with van der Waals surface area (Å²) in [4.78, 5) is 23.3. The molecule has 0 aromatic carbocycles. The fourth-order valence-electron chi connectivity index (χ4n) is 1.64. The third-order valence-electron chi connectivity index (χ3n) is 2.76. The van der Waals surface area contributed by atoms with Gasteiger partial charge in [0.1, 0.15) is 17.2 Å². The van der Waals surface area contributed by atoms with Gasteiger partial charge in [0.15, 0.2) is 5.69 Å². The van der Waals surface area contributed by atoms with Crippen molar-refractivity contribution in [1.82, 2.24) is 15.0 Å². The van der Waals surface area contributed by atoms with Crippen LogP contribution in [0.25, 0.3) is 0 Å². The molecule has 0 saturated heterocycles. The molecule has 20 heavy (non-hydrogen) atoms. The standard InChI is InChI=1S/C13H16N4O2S/c1-7(2)9-4-11(15-6-14-9)16-8(3)12-17-10(5-20-12)13(18)19/h4-8H,1-3H3,(H,18,19)(H,14,15,16). The van der Waals surface area contributed by atoms with Crippen molar-refractivity contribution >= 4 is 23.1 Å². The highest BCUT2D eigenvalue weighted by atomic mass is 32.1. The molecule has 0 fully saturated rings. The smallest absolute Gasteiger partial charge is 0.355 e. The molecule has 0 bridgehead atoms. The third kappa shape index (κ3) is 3.30. The minimum Gasteiger partial charge on any atom is -0.476 e. The predicted molar refractivity (Wildman–Crippen MR) is 77.2 cm³/mol. The van der Waals surface area contributed by atoms with Crippen LogP contribution in [0, 0.1) is 0 Å². The highest BCUT2D eigenvalue weighted by Crippen LogP contribution is 2.22. The number of thiazole rings is 1. The van der Waals surface area contributed by atoms with Gasteiger partial charge in [0, 0.05) is 17.1 Å². The van der Waals surface area contributed by atoms with Gasteiger partial charge in [-0.05, 0) is 12.8 Å². The van der Waals surface area contributed by atoms with Gasteiger partial charge in [0.05, 0.1) is 6.04 Å². The Morgan fingerprint density at radius 2 is 2.10 bits per heavy atom. The van der Waals surface area contributed by atoms with Crippen molar-refractivity contribution in [2.24, 2.45) is 0 Å². The van der Waals surface area contributed by atoms with E-state index in [4.69, 9.17) is 5.11 Å². The van der Waals surface area contributed by atoms with Crippen molar-refractivity contribution in [1.29, 1.82) is 0 Å². The van der Waals surface area contributed by atoms with E-state index < -0.39 is 5.97 Å². The number of carboxylic acids is 1. The molecule has 0 radical (unpaired) electrons. The molecular formula is C13H16N4O2S. The Balaban J connectivity index is 2.12. The van der Waals surface area contributed by atoms with Gasteiger partial charge in [0.2, 0.25) is 0 Å². The molecule has 7 heteroatoms. The van der Waals surface area contributed by atoms with Crippen LogP contribution >= 0.6 is 11.3 Å². The minimum absolute atomic E-state index is 0.0733. The van der Waals surface area contributed by atoms with Crippen molar-refractivity contribution in [3.63, 3.8) is 0 Å². The fraction of sp³-hybridized carbons (Fsp3) is 0.385. The van der Waals surface area contributed by atoms with E-state index in [0.29, 0.717) is 16.7 Å². The van der Waals surface area contributed by atoms with E-state index in [1.165, 1.54) is 23.0 Å². The molecule has 6 nitrogen and oxygen atoms in total. The van der Waals surface area contributed by atoms with Crippen LogP contribution in [0.2, 0.25) is 0 Å². The Morgan fingerprint density at radius 1 is 1.35 bits per heavy atom. The Bertz CT molecular complexity index is 612. The SMILES string of the molecule is CC(C)c1cc(NC(C)c2nc(C(=O)O)cs2)ncn1. The first kappa shape index (κ1) is 14.4. The average molecular weight is 292 g/mol. The van der Waals surface area contributed by atoms with Gasteiger partial charge in [0.25, 0.3) is 0 Å². The number of carbonyl (C=O) groups is 1. The van der Waals surface area contributed by atoms with Crippen LogP contribution in [0.1, 0.15) is 53.9 Å². The van der Waals surface area contributed by atoms with Crippen molar-refractivity contribution in [2.75, 3.05) is 5.32 Å². The van der Waals surface area contributed by atoms with Gasteiger partial charge in [-0.1, -0.05) is 13.8 Å². The molecule has 2 aromatic rings. The summed E-state index contributed by atoms with van der Waals surface area (Å²) in [6, 6.07) is 1.79. The number of aromatic nitrogens is 3.